The highest BCUT2D eigenvalue weighted by Gasteiger charge is 2.45. The van der Waals surface area contributed by atoms with E-state index in [0.29, 0.717) is 5.75 Å². The Hall–Kier alpha value is -1.88. The molecule has 0 bridgehead atoms. The van der Waals surface area contributed by atoms with Crippen LogP contribution in [0.2, 0.25) is 0 Å². The first kappa shape index (κ1) is 15.5. The number of rotatable bonds is 4. The Labute approximate surface area is 125 Å². The largest absolute Gasteiger partial charge is 0.496 e. The number of nitrogens with two attached hydrogens (primary N) is 1. The molecule has 1 saturated heterocycles. The van der Waals surface area contributed by atoms with E-state index < -0.39 is 11.5 Å². The number of carbonyl (C=O) groups is 2. The number of aryl methyl sites for hydroxylation is 1. The number of ether oxygens (including phenoxy) is 1. The Morgan fingerprint density at radius 2 is 2.05 bits per heavy atom. The lowest BCUT2D eigenvalue weighted by Crippen LogP contribution is -2.38. The highest BCUT2D eigenvalue weighted by Crippen LogP contribution is 2.33. The molecular weight excluding hydrogens is 268 g/mol. The van der Waals surface area contributed by atoms with Gasteiger partial charge in [0.1, 0.15) is 5.75 Å². The molecule has 0 aliphatic carbocycles. The van der Waals surface area contributed by atoms with Crippen LogP contribution in [0.25, 0.3) is 0 Å². The van der Waals surface area contributed by atoms with Gasteiger partial charge in [-0.2, -0.15) is 0 Å². The highest BCUT2D eigenvalue weighted by molar-refractivity contribution is 6.05. The van der Waals surface area contributed by atoms with Crippen molar-refractivity contribution in [2.24, 2.45) is 11.1 Å². The second-order valence-electron chi connectivity index (χ2n) is 6.22. The van der Waals surface area contributed by atoms with E-state index in [-0.39, 0.29) is 24.8 Å². The maximum Gasteiger partial charge on any atom is 0.235 e. The van der Waals surface area contributed by atoms with Crippen molar-refractivity contribution >= 4 is 11.8 Å². The Morgan fingerprint density at radius 1 is 1.38 bits per heavy atom. The van der Waals surface area contributed by atoms with Crippen molar-refractivity contribution in [3.8, 4) is 5.75 Å². The van der Waals surface area contributed by atoms with Gasteiger partial charge in [0.2, 0.25) is 11.8 Å². The van der Waals surface area contributed by atoms with Crippen molar-refractivity contribution in [3.63, 3.8) is 0 Å². The molecule has 1 atom stereocenters. The van der Waals surface area contributed by atoms with Crippen molar-refractivity contribution < 1.29 is 14.3 Å². The number of nitrogens with zero attached hydrogens (tertiary/aromatic N) is 1. The summed E-state index contributed by atoms with van der Waals surface area (Å²) in [5.74, 6) is 0.355. The summed E-state index contributed by atoms with van der Waals surface area (Å²) >= 11 is 0. The zero-order valence-corrected chi connectivity index (χ0v) is 13.0. The molecule has 0 saturated carbocycles. The van der Waals surface area contributed by atoms with E-state index in [0.717, 1.165) is 11.1 Å². The van der Waals surface area contributed by atoms with Gasteiger partial charge < -0.3 is 10.5 Å². The van der Waals surface area contributed by atoms with Crippen LogP contribution in [0.1, 0.15) is 37.4 Å². The van der Waals surface area contributed by atoms with Crippen molar-refractivity contribution in [1.29, 1.82) is 0 Å². The Bertz CT molecular complexity index is 581. The summed E-state index contributed by atoms with van der Waals surface area (Å²) in [6.07, 6.45) is 0.240. The number of imide groups is 1. The lowest BCUT2D eigenvalue weighted by molar-refractivity contribution is -0.141. The van der Waals surface area contributed by atoms with Crippen LogP contribution < -0.4 is 10.5 Å². The van der Waals surface area contributed by atoms with Gasteiger partial charge in [-0.25, -0.2) is 0 Å². The Balaban J connectivity index is 2.23. The van der Waals surface area contributed by atoms with E-state index in [1.54, 1.807) is 21.0 Å². The van der Waals surface area contributed by atoms with Gasteiger partial charge in [0, 0.05) is 18.5 Å². The van der Waals surface area contributed by atoms with Crippen LogP contribution in [0.15, 0.2) is 18.2 Å². The second-order valence-corrected chi connectivity index (χ2v) is 6.22. The fourth-order valence-corrected chi connectivity index (χ4v) is 2.65. The van der Waals surface area contributed by atoms with Gasteiger partial charge in [0.05, 0.1) is 18.6 Å². The topological polar surface area (TPSA) is 72.6 Å². The first-order valence-corrected chi connectivity index (χ1v) is 7.01. The molecular formula is C16H22N2O3. The third-order valence-electron chi connectivity index (χ3n) is 3.88. The molecule has 1 aliphatic rings. The maximum absolute atomic E-state index is 12.2. The average molecular weight is 290 g/mol. The van der Waals surface area contributed by atoms with Crippen molar-refractivity contribution in [2.75, 3.05) is 13.7 Å². The van der Waals surface area contributed by atoms with E-state index in [9.17, 15) is 9.59 Å². The molecule has 5 heteroatoms. The fraction of sp³-hybridized carbons (Fsp3) is 0.500. The molecule has 2 amide bonds. The van der Waals surface area contributed by atoms with Crippen LogP contribution in [0.4, 0.5) is 0 Å². The monoisotopic (exact) mass is 290 g/mol. The summed E-state index contributed by atoms with van der Waals surface area (Å²) in [6.45, 7) is 5.71. The van der Waals surface area contributed by atoms with E-state index in [4.69, 9.17) is 10.5 Å². The van der Waals surface area contributed by atoms with Crippen molar-refractivity contribution in [1.82, 2.24) is 4.90 Å². The van der Waals surface area contributed by atoms with Crippen LogP contribution in [0.5, 0.6) is 5.75 Å². The summed E-state index contributed by atoms with van der Waals surface area (Å²) in [5, 5.41) is 0. The van der Waals surface area contributed by atoms with E-state index in [2.05, 4.69) is 0 Å². The standard InChI is InChI=1S/C16H22N2O3/c1-10-5-6-13(21-4)11(7-10)12(17)9-18-14(19)8-16(2,3)15(18)20/h5-7,12H,8-9,17H2,1-4H3. The molecule has 0 radical (unpaired) electrons. The van der Waals surface area contributed by atoms with Crippen LogP contribution in [-0.2, 0) is 9.59 Å². The molecule has 1 aliphatic heterocycles. The summed E-state index contributed by atoms with van der Waals surface area (Å²) in [6, 6.07) is 5.26. The van der Waals surface area contributed by atoms with Gasteiger partial charge in [0.15, 0.2) is 0 Å². The number of carbonyl (C=O) groups excluding carboxylic acids is 2. The molecule has 0 aromatic heterocycles. The van der Waals surface area contributed by atoms with Gasteiger partial charge in [-0.1, -0.05) is 31.5 Å². The third kappa shape index (κ3) is 2.93. The average Bonchev–Trinajstić information content (AvgIpc) is 2.60. The van der Waals surface area contributed by atoms with Crippen LogP contribution in [-0.4, -0.2) is 30.4 Å². The molecule has 1 aromatic rings. The normalized spacial score (nSPS) is 19.0. The minimum Gasteiger partial charge on any atom is -0.496 e. The van der Waals surface area contributed by atoms with Crippen LogP contribution >= 0.6 is 0 Å². The van der Waals surface area contributed by atoms with E-state index >= 15 is 0 Å². The summed E-state index contributed by atoms with van der Waals surface area (Å²) in [5.41, 5.74) is 7.44. The molecule has 1 fully saturated rings. The third-order valence-corrected chi connectivity index (χ3v) is 3.88. The molecule has 0 spiro atoms. The van der Waals surface area contributed by atoms with Crippen LogP contribution in [0, 0.1) is 12.3 Å². The van der Waals surface area contributed by atoms with Crippen molar-refractivity contribution in [3.05, 3.63) is 29.3 Å². The van der Waals surface area contributed by atoms with Gasteiger partial charge in [-0.15, -0.1) is 0 Å². The predicted octanol–water partition coefficient (Wildman–Crippen LogP) is 1.79. The molecule has 2 rings (SSSR count). The number of amides is 2. The van der Waals surface area contributed by atoms with Gasteiger partial charge in [-0.3, -0.25) is 14.5 Å². The molecule has 2 N–H and O–H groups in total. The minimum absolute atomic E-state index is 0.158. The van der Waals surface area contributed by atoms with E-state index in [1.807, 2.05) is 25.1 Å². The van der Waals surface area contributed by atoms with Gasteiger partial charge in [0.25, 0.3) is 0 Å². The van der Waals surface area contributed by atoms with Gasteiger partial charge >= 0.3 is 0 Å². The molecule has 1 heterocycles. The fourth-order valence-electron chi connectivity index (χ4n) is 2.65. The van der Waals surface area contributed by atoms with E-state index in [1.165, 1.54) is 4.90 Å². The Morgan fingerprint density at radius 3 is 2.57 bits per heavy atom. The zero-order chi connectivity index (χ0) is 15.8. The predicted molar refractivity (Wildman–Crippen MR) is 79.8 cm³/mol. The smallest absolute Gasteiger partial charge is 0.235 e. The summed E-state index contributed by atoms with van der Waals surface area (Å²) in [4.78, 5) is 25.5. The number of benzene rings is 1. The molecule has 1 aromatic carbocycles. The molecule has 5 nitrogen and oxygen atoms in total. The number of hydrogen-bond acceptors (Lipinski definition) is 4. The minimum atomic E-state index is -0.631. The van der Waals surface area contributed by atoms with Crippen LogP contribution in [0.3, 0.4) is 0 Å². The first-order chi connectivity index (χ1) is 9.76. The Kier molecular flexibility index (Phi) is 4.05. The lowest BCUT2D eigenvalue weighted by Gasteiger charge is -2.23. The second kappa shape index (κ2) is 5.48. The quantitative estimate of drug-likeness (QED) is 0.858. The number of likely N-dealkylation sites (tertiary alicyclic amines) is 1. The van der Waals surface area contributed by atoms with Crippen molar-refractivity contribution in [2.45, 2.75) is 33.2 Å². The first-order valence-electron chi connectivity index (χ1n) is 7.01. The molecule has 1 unspecified atom stereocenters. The highest BCUT2D eigenvalue weighted by atomic mass is 16.5. The van der Waals surface area contributed by atoms with Gasteiger partial charge in [-0.05, 0) is 13.0 Å². The maximum atomic E-state index is 12.2. The summed E-state index contributed by atoms with van der Waals surface area (Å²) < 4.78 is 5.31. The lowest BCUT2D eigenvalue weighted by atomic mass is 9.92. The molecule has 114 valence electrons. The molecule has 21 heavy (non-hydrogen) atoms. The zero-order valence-electron chi connectivity index (χ0n) is 13.0. The summed E-state index contributed by atoms with van der Waals surface area (Å²) in [7, 11) is 1.58. The SMILES string of the molecule is COc1ccc(C)cc1C(N)CN1C(=O)CC(C)(C)C1=O. The number of hydrogen-bond donors (Lipinski definition) is 1. The number of methoxy groups -OCH3 is 1.